The van der Waals surface area contributed by atoms with Crippen molar-refractivity contribution in [1.82, 2.24) is 0 Å². The Bertz CT molecular complexity index is 843. The zero-order chi connectivity index (χ0) is 20.1. The molecule has 1 N–H and O–H groups in total. The second kappa shape index (κ2) is 8.28. The lowest BCUT2D eigenvalue weighted by Crippen LogP contribution is -2.39. The largest absolute Gasteiger partial charge is 0.549 e. The molecule has 2 aromatic carbocycles. The van der Waals surface area contributed by atoms with Gasteiger partial charge >= 0.3 is 0 Å². The standard InChI is InChI=1S/C24H32O2Si/c1-7-16-24(25,17-10-11-18-26-27(5,6)23(2,3)4)22-15-14-20-12-8-9-13-21(20)19-22/h7-15,17-19,25H,1,16H2,2-6H3/b17-10+,18-11+/t24-/m0/s1. The molecule has 0 bridgehead atoms. The first-order chi connectivity index (χ1) is 12.6. The van der Waals surface area contributed by atoms with E-state index in [1.165, 1.54) is 0 Å². The quantitative estimate of drug-likeness (QED) is 0.251. The monoisotopic (exact) mass is 380 g/mol. The van der Waals surface area contributed by atoms with Gasteiger partial charge in [-0.05, 0) is 52.7 Å². The highest BCUT2D eigenvalue weighted by molar-refractivity contribution is 6.74. The number of hydrogen-bond acceptors (Lipinski definition) is 2. The minimum absolute atomic E-state index is 0.162. The summed E-state index contributed by atoms with van der Waals surface area (Å²) in [6, 6.07) is 14.2. The topological polar surface area (TPSA) is 29.5 Å². The molecule has 2 nitrogen and oxygen atoms in total. The Morgan fingerprint density at radius 3 is 2.33 bits per heavy atom. The Hall–Kier alpha value is -2.10. The normalized spacial score (nSPS) is 15.3. The molecule has 0 heterocycles. The molecule has 1 atom stereocenters. The second-order valence-electron chi connectivity index (χ2n) is 8.54. The number of rotatable bonds is 7. The van der Waals surface area contributed by atoms with Gasteiger partial charge in [0.25, 0.3) is 0 Å². The zero-order valence-electron chi connectivity index (χ0n) is 17.2. The van der Waals surface area contributed by atoms with E-state index in [1.807, 2.05) is 48.6 Å². The molecule has 27 heavy (non-hydrogen) atoms. The Kier molecular flexibility index (Phi) is 6.50. The SMILES string of the molecule is C=CC[C@](O)(/C=C/C=C/O[Si](C)(C)C(C)(C)C)c1ccc2ccccc2c1. The maximum atomic E-state index is 11.2. The van der Waals surface area contributed by atoms with E-state index in [4.69, 9.17) is 4.43 Å². The second-order valence-corrected chi connectivity index (χ2v) is 13.3. The molecule has 0 spiro atoms. The van der Waals surface area contributed by atoms with Gasteiger partial charge in [-0.15, -0.1) is 6.58 Å². The maximum Gasteiger partial charge on any atom is 0.249 e. The Morgan fingerprint density at radius 1 is 1.04 bits per heavy atom. The summed E-state index contributed by atoms with van der Waals surface area (Å²) in [5.41, 5.74) is -0.233. The van der Waals surface area contributed by atoms with Crippen LogP contribution in [-0.2, 0) is 10.0 Å². The summed E-state index contributed by atoms with van der Waals surface area (Å²) in [5, 5.41) is 13.6. The predicted molar refractivity (Wildman–Crippen MR) is 119 cm³/mol. The van der Waals surface area contributed by atoms with Crippen molar-refractivity contribution in [3.63, 3.8) is 0 Å². The average molecular weight is 381 g/mol. The van der Waals surface area contributed by atoms with Crippen molar-refractivity contribution in [3.8, 4) is 0 Å². The Labute approximate surface area is 165 Å². The summed E-state index contributed by atoms with van der Waals surface area (Å²) >= 11 is 0. The van der Waals surface area contributed by atoms with Crippen LogP contribution in [0.3, 0.4) is 0 Å². The van der Waals surface area contributed by atoms with Gasteiger partial charge in [0.15, 0.2) is 0 Å². The molecule has 0 saturated heterocycles. The third-order valence-corrected chi connectivity index (χ3v) is 9.77. The van der Waals surface area contributed by atoms with Crippen molar-refractivity contribution in [2.45, 2.75) is 50.9 Å². The average Bonchev–Trinajstić information content (AvgIpc) is 2.60. The van der Waals surface area contributed by atoms with Gasteiger partial charge in [0.1, 0.15) is 5.60 Å². The number of fused-ring (bicyclic) bond motifs is 1. The summed E-state index contributed by atoms with van der Waals surface area (Å²) in [6.45, 7) is 14.9. The number of hydrogen-bond donors (Lipinski definition) is 1. The number of allylic oxidation sites excluding steroid dienone is 2. The van der Waals surface area contributed by atoms with Crippen LogP contribution in [0.4, 0.5) is 0 Å². The molecule has 2 rings (SSSR count). The molecule has 0 saturated carbocycles. The molecule has 144 valence electrons. The number of benzene rings is 2. The van der Waals surface area contributed by atoms with E-state index in [-0.39, 0.29) is 5.04 Å². The van der Waals surface area contributed by atoms with E-state index in [2.05, 4.69) is 52.6 Å². The van der Waals surface area contributed by atoms with Crippen molar-refractivity contribution in [2.75, 3.05) is 0 Å². The summed E-state index contributed by atoms with van der Waals surface area (Å²) in [7, 11) is -1.81. The van der Waals surface area contributed by atoms with Crippen molar-refractivity contribution in [2.24, 2.45) is 0 Å². The highest BCUT2D eigenvalue weighted by Gasteiger charge is 2.37. The molecule has 0 amide bonds. The fourth-order valence-electron chi connectivity index (χ4n) is 2.61. The van der Waals surface area contributed by atoms with Crippen LogP contribution in [0.15, 0.2) is 79.6 Å². The van der Waals surface area contributed by atoms with Crippen LogP contribution >= 0.6 is 0 Å². The van der Waals surface area contributed by atoms with Crippen molar-refractivity contribution in [1.29, 1.82) is 0 Å². The van der Waals surface area contributed by atoms with Gasteiger partial charge in [-0.3, -0.25) is 0 Å². The predicted octanol–water partition coefficient (Wildman–Crippen LogP) is 6.70. The van der Waals surface area contributed by atoms with Crippen LogP contribution in [0.2, 0.25) is 18.1 Å². The van der Waals surface area contributed by atoms with Crippen molar-refractivity contribution >= 4 is 19.1 Å². The molecule has 0 aliphatic heterocycles. The summed E-state index contributed by atoms with van der Waals surface area (Å²) < 4.78 is 6.04. The van der Waals surface area contributed by atoms with Crippen LogP contribution in [-0.4, -0.2) is 13.4 Å². The van der Waals surface area contributed by atoms with E-state index in [0.29, 0.717) is 6.42 Å². The van der Waals surface area contributed by atoms with E-state index < -0.39 is 13.9 Å². The van der Waals surface area contributed by atoms with Crippen LogP contribution in [0.25, 0.3) is 10.8 Å². The molecule has 2 aromatic rings. The van der Waals surface area contributed by atoms with E-state index in [9.17, 15) is 5.11 Å². The summed E-state index contributed by atoms with van der Waals surface area (Å²) in [6.07, 6.45) is 9.46. The first kappa shape index (κ1) is 21.2. The Balaban J connectivity index is 2.21. The van der Waals surface area contributed by atoms with Crippen LogP contribution in [0, 0.1) is 0 Å². The van der Waals surface area contributed by atoms with Gasteiger partial charge in [0.2, 0.25) is 8.32 Å². The van der Waals surface area contributed by atoms with E-state index >= 15 is 0 Å². The molecule has 0 aliphatic carbocycles. The van der Waals surface area contributed by atoms with Gasteiger partial charge in [0.05, 0.1) is 6.26 Å². The molecule has 0 radical (unpaired) electrons. The molecular formula is C24H32O2Si. The summed E-state index contributed by atoms with van der Waals surface area (Å²) in [5.74, 6) is 0. The van der Waals surface area contributed by atoms with Gasteiger partial charge < -0.3 is 9.53 Å². The van der Waals surface area contributed by atoms with Gasteiger partial charge in [-0.2, -0.15) is 0 Å². The zero-order valence-corrected chi connectivity index (χ0v) is 18.2. The molecule has 0 unspecified atom stereocenters. The smallest absolute Gasteiger partial charge is 0.249 e. The molecule has 0 aliphatic rings. The van der Waals surface area contributed by atoms with Crippen LogP contribution < -0.4 is 0 Å². The first-order valence-electron chi connectivity index (χ1n) is 9.44. The summed E-state index contributed by atoms with van der Waals surface area (Å²) in [4.78, 5) is 0. The van der Waals surface area contributed by atoms with Gasteiger partial charge in [-0.25, -0.2) is 0 Å². The Morgan fingerprint density at radius 2 is 1.70 bits per heavy atom. The van der Waals surface area contributed by atoms with Crippen LogP contribution in [0.1, 0.15) is 32.8 Å². The highest BCUT2D eigenvalue weighted by atomic mass is 28.4. The molecule has 0 fully saturated rings. The lowest BCUT2D eigenvalue weighted by Gasteiger charge is -2.34. The maximum absolute atomic E-state index is 11.2. The first-order valence-corrected chi connectivity index (χ1v) is 12.3. The van der Waals surface area contributed by atoms with Gasteiger partial charge in [-0.1, -0.05) is 69.3 Å². The molecular weight excluding hydrogens is 348 g/mol. The van der Waals surface area contributed by atoms with Crippen molar-refractivity contribution < 1.29 is 9.53 Å². The molecule has 3 heteroatoms. The van der Waals surface area contributed by atoms with E-state index in [1.54, 1.807) is 12.3 Å². The lowest BCUT2D eigenvalue weighted by atomic mass is 9.88. The highest BCUT2D eigenvalue weighted by Crippen LogP contribution is 2.36. The minimum Gasteiger partial charge on any atom is -0.549 e. The van der Waals surface area contributed by atoms with Crippen LogP contribution in [0.5, 0.6) is 0 Å². The third kappa shape index (κ3) is 5.21. The van der Waals surface area contributed by atoms with E-state index in [0.717, 1.165) is 16.3 Å². The van der Waals surface area contributed by atoms with Crippen molar-refractivity contribution in [3.05, 3.63) is 85.2 Å². The fraction of sp³-hybridized carbons (Fsp3) is 0.333. The third-order valence-electron chi connectivity index (χ3n) is 5.44. The minimum atomic E-state index is -1.81. The fourth-order valence-corrected chi connectivity index (χ4v) is 3.38. The lowest BCUT2D eigenvalue weighted by molar-refractivity contribution is 0.0931. The van der Waals surface area contributed by atoms with Gasteiger partial charge in [0, 0.05) is 6.42 Å². The number of aliphatic hydroxyl groups is 1. The molecule has 0 aromatic heterocycles.